The van der Waals surface area contributed by atoms with Crippen molar-refractivity contribution in [3.05, 3.63) is 30.9 Å². The molecule has 0 atom stereocenters. The summed E-state index contributed by atoms with van der Waals surface area (Å²) in [5.41, 5.74) is 3.16. The first-order valence-corrected chi connectivity index (χ1v) is 8.04. The maximum Gasteiger partial charge on any atom is 0.141 e. The van der Waals surface area contributed by atoms with Gasteiger partial charge < -0.3 is 15.0 Å². The molecule has 1 aliphatic rings. The van der Waals surface area contributed by atoms with Crippen LogP contribution < -0.4 is 10.1 Å². The Kier molecular flexibility index (Phi) is 3.53. The Morgan fingerprint density at radius 1 is 1.26 bits per heavy atom. The molecular formula is C17H21N5O. The SMILES string of the molecule is CC1(COc2ccnc3[nH]cc(-c4cn[nH]c4)c23)CCNCC1. The van der Waals surface area contributed by atoms with Gasteiger partial charge in [-0.05, 0) is 32.0 Å². The predicted molar refractivity (Wildman–Crippen MR) is 89.4 cm³/mol. The number of nitrogens with zero attached hydrogens (tertiary/aromatic N) is 2. The van der Waals surface area contributed by atoms with Crippen LogP contribution in [-0.4, -0.2) is 39.9 Å². The number of rotatable bonds is 4. The highest BCUT2D eigenvalue weighted by Crippen LogP contribution is 2.36. The highest BCUT2D eigenvalue weighted by molar-refractivity contribution is 5.97. The van der Waals surface area contributed by atoms with E-state index in [1.165, 1.54) is 0 Å². The molecule has 23 heavy (non-hydrogen) atoms. The Hall–Kier alpha value is -2.34. The van der Waals surface area contributed by atoms with Gasteiger partial charge in [0.2, 0.25) is 0 Å². The van der Waals surface area contributed by atoms with Crippen molar-refractivity contribution in [1.29, 1.82) is 0 Å². The Morgan fingerprint density at radius 3 is 2.91 bits per heavy atom. The predicted octanol–water partition coefficient (Wildman–Crippen LogP) is 2.72. The quantitative estimate of drug-likeness (QED) is 0.692. The average Bonchev–Trinajstić information content (AvgIpc) is 3.22. The van der Waals surface area contributed by atoms with Crippen molar-refractivity contribution in [2.45, 2.75) is 19.8 Å². The Morgan fingerprint density at radius 2 is 2.13 bits per heavy atom. The van der Waals surface area contributed by atoms with Gasteiger partial charge in [0, 0.05) is 35.1 Å². The molecule has 0 bridgehead atoms. The first-order valence-electron chi connectivity index (χ1n) is 8.04. The molecule has 0 radical (unpaired) electrons. The summed E-state index contributed by atoms with van der Waals surface area (Å²) in [6.45, 7) is 5.16. The molecular weight excluding hydrogens is 290 g/mol. The molecule has 0 aromatic carbocycles. The summed E-state index contributed by atoms with van der Waals surface area (Å²) in [7, 11) is 0. The summed E-state index contributed by atoms with van der Waals surface area (Å²) >= 11 is 0. The van der Waals surface area contributed by atoms with Crippen molar-refractivity contribution >= 4 is 11.0 Å². The summed E-state index contributed by atoms with van der Waals surface area (Å²) < 4.78 is 6.24. The number of pyridine rings is 1. The van der Waals surface area contributed by atoms with Crippen molar-refractivity contribution in [3.8, 4) is 16.9 Å². The van der Waals surface area contributed by atoms with Crippen LogP contribution in [0.2, 0.25) is 0 Å². The van der Waals surface area contributed by atoms with Crippen LogP contribution in [-0.2, 0) is 0 Å². The fourth-order valence-electron chi connectivity index (χ4n) is 3.20. The molecule has 0 spiro atoms. The molecule has 120 valence electrons. The van der Waals surface area contributed by atoms with E-state index >= 15 is 0 Å². The normalized spacial score (nSPS) is 17.4. The number of hydrogen-bond donors (Lipinski definition) is 3. The fraction of sp³-hybridized carbons (Fsp3) is 0.412. The molecule has 3 aromatic heterocycles. The van der Waals surface area contributed by atoms with E-state index in [1.807, 2.05) is 24.7 Å². The van der Waals surface area contributed by atoms with Crippen LogP contribution in [0.5, 0.6) is 5.75 Å². The molecule has 0 unspecified atom stereocenters. The summed E-state index contributed by atoms with van der Waals surface area (Å²) in [5.74, 6) is 0.882. The largest absolute Gasteiger partial charge is 0.492 e. The van der Waals surface area contributed by atoms with Gasteiger partial charge in [-0.25, -0.2) is 4.98 Å². The molecule has 1 fully saturated rings. The van der Waals surface area contributed by atoms with E-state index in [0.29, 0.717) is 0 Å². The highest BCUT2D eigenvalue weighted by atomic mass is 16.5. The van der Waals surface area contributed by atoms with Gasteiger partial charge in [-0.2, -0.15) is 5.10 Å². The molecule has 1 aliphatic heterocycles. The number of hydrogen-bond acceptors (Lipinski definition) is 4. The molecule has 0 saturated carbocycles. The minimum atomic E-state index is 0.229. The second-order valence-corrected chi connectivity index (χ2v) is 6.57. The Bertz CT molecular complexity index is 787. The number of aromatic nitrogens is 4. The van der Waals surface area contributed by atoms with E-state index in [4.69, 9.17) is 4.74 Å². The first-order chi connectivity index (χ1) is 11.3. The summed E-state index contributed by atoms with van der Waals surface area (Å²) in [6, 6.07) is 1.95. The van der Waals surface area contributed by atoms with E-state index < -0.39 is 0 Å². The van der Waals surface area contributed by atoms with Crippen LogP contribution >= 0.6 is 0 Å². The number of aromatic amines is 2. The number of nitrogens with one attached hydrogen (secondary N) is 3. The maximum absolute atomic E-state index is 6.24. The van der Waals surface area contributed by atoms with E-state index in [9.17, 15) is 0 Å². The molecule has 4 rings (SSSR count). The van der Waals surface area contributed by atoms with Crippen molar-refractivity contribution < 1.29 is 4.74 Å². The Labute approximate surface area is 134 Å². The third-order valence-electron chi connectivity index (χ3n) is 4.73. The van der Waals surface area contributed by atoms with E-state index in [1.54, 1.807) is 6.20 Å². The zero-order chi connectivity index (χ0) is 15.7. The summed E-state index contributed by atoms with van der Waals surface area (Å²) in [5, 5.41) is 11.3. The van der Waals surface area contributed by atoms with Crippen LogP contribution in [0.3, 0.4) is 0 Å². The standard InChI is InChI=1S/C17H21N5O/c1-17(3-6-18-7-4-17)11-23-14-2-5-19-16-15(14)13(10-20-16)12-8-21-22-9-12/h2,5,8-10,18H,3-4,6-7,11H2,1H3,(H,19,20)(H,21,22). The highest BCUT2D eigenvalue weighted by Gasteiger charge is 2.28. The van der Waals surface area contributed by atoms with E-state index in [0.717, 1.165) is 60.4 Å². The minimum Gasteiger partial charge on any atom is -0.492 e. The second-order valence-electron chi connectivity index (χ2n) is 6.57. The van der Waals surface area contributed by atoms with Gasteiger partial charge in [0.25, 0.3) is 0 Å². The van der Waals surface area contributed by atoms with Crippen LogP contribution in [0, 0.1) is 5.41 Å². The first kappa shape index (κ1) is 14.3. The number of H-pyrrole nitrogens is 2. The zero-order valence-corrected chi connectivity index (χ0v) is 13.2. The van der Waals surface area contributed by atoms with Crippen LogP contribution in [0.4, 0.5) is 0 Å². The molecule has 1 saturated heterocycles. The maximum atomic E-state index is 6.24. The third-order valence-corrected chi connectivity index (χ3v) is 4.73. The average molecular weight is 311 g/mol. The number of ether oxygens (including phenoxy) is 1. The molecule has 4 heterocycles. The van der Waals surface area contributed by atoms with Gasteiger partial charge in [0.1, 0.15) is 11.4 Å². The smallest absolute Gasteiger partial charge is 0.141 e. The van der Waals surface area contributed by atoms with Gasteiger partial charge in [-0.3, -0.25) is 5.10 Å². The van der Waals surface area contributed by atoms with E-state index in [2.05, 4.69) is 32.4 Å². The lowest BCUT2D eigenvalue weighted by atomic mass is 9.82. The van der Waals surface area contributed by atoms with Crippen molar-refractivity contribution in [2.24, 2.45) is 5.41 Å². The van der Waals surface area contributed by atoms with Gasteiger partial charge in [0.05, 0.1) is 18.2 Å². The number of piperidine rings is 1. The van der Waals surface area contributed by atoms with E-state index in [-0.39, 0.29) is 5.41 Å². The van der Waals surface area contributed by atoms with Crippen LogP contribution in [0.25, 0.3) is 22.2 Å². The van der Waals surface area contributed by atoms with Crippen molar-refractivity contribution in [1.82, 2.24) is 25.5 Å². The lowest BCUT2D eigenvalue weighted by Gasteiger charge is -2.33. The lowest BCUT2D eigenvalue weighted by molar-refractivity contribution is 0.124. The second kappa shape index (κ2) is 5.70. The van der Waals surface area contributed by atoms with Crippen LogP contribution in [0.1, 0.15) is 19.8 Å². The number of fused-ring (bicyclic) bond motifs is 1. The minimum absolute atomic E-state index is 0.229. The molecule has 3 N–H and O–H groups in total. The molecule has 0 amide bonds. The topological polar surface area (TPSA) is 78.6 Å². The molecule has 0 aliphatic carbocycles. The van der Waals surface area contributed by atoms with Crippen molar-refractivity contribution in [2.75, 3.05) is 19.7 Å². The van der Waals surface area contributed by atoms with Gasteiger partial charge in [0.15, 0.2) is 0 Å². The van der Waals surface area contributed by atoms with Gasteiger partial charge in [-0.1, -0.05) is 6.92 Å². The monoisotopic (exact) mass is 311 g/mol. The van der Waals surface area contributed by atoms with Gasteiger partial charge >= 0.3 is 0 Å². The molecule has 6 heteroatoms. The zero-order valence-electron chi connectivity index (χ0n) is 13.2. The van der Waals surface area contributed by atoms with Crippen molar-refractivity contribution in [3.63, 3.8) is 0 Å². The summed E-state index contributed by atoms with van der Waals surface area (Å²) in [6.07, 6.45) is 9.73. The molecule has 3 aromatic rings. The molecule has 6 nitrogen and oxygen atoms in total. The van der Waals surface area contributed by atoms with Crippen LogP contribution in [0.15, 0.2) is 30.9 Å². The lowest BCUT2D eigenvalue weighted by Crippen LogP contribution is -2.38. The summed E-state index contributed by atoms with van der Waals surface area (Å²) in [4.78, 5) is 7.63. The Balaban J connectivity index is 1.65. The third kappa shape index (κ3) is 2.70. The fourth-order valence-corrected chi connectivity index (χ4v) is 3.20. The van der Waals surface area contributed by atoms with Gasteiger partial charge in [-0.15, -0.1) is 0 Å².